The Morgan fingerprint density at radius 2 is 1.68 bits per heavy atom. The fraction of sp³-hybridized carbons (Fsp3) is 0.417. The Morgan fingerprint density at radius 3 is 2.26 bits per heavy atom. The standard InChI is InChI=1S/C24H32N4O5S/c1-4-27(5-2)23-11-10-21(34(31,32)28-12-14-33-15-13-28)16-22(23)26-24(30)20-8-6-19(7-9-20)17-25-18(3)29/h6-11,16H,4-5,12-15,17H2,1-3H3,(H,25,29)(H,26,30). The van der Waals surface area contributed by atoms with Crippen molar-refractivity contribution in [2.24, 2.45) is 0 Å². The van der Waals surface area contributed by atoms with Crippen LogP contribution >= 0.6 is 0 Å². The minimum Gasteiger partial charge on any atom is -0.379 e. The number of rotatable bonds is 9. The highest BCUT2D eigenvalue weighted by Gasteiger charge is 2.27. The number of ether oxygens (including phenoxy) is 1. The molecule has 3 rings (SSSR count). The van der Waals surface area contributed by atoms with E-state index in [0.29, 0.717) is 57.2 Å². The third kappa shape index (κ3) is 6.13. The Morgan fingerprint density at radius 1 is 1.03 bits per heavy atom. The third-order valence-corrected chi connectivity index (χ3v) is 7.58. The summed E-state index contributed by atoms with van der Waals surface area (Å²) in [5.74, 6) is -0.474. The van der Waals surface area contributed by atoms with Gasteiger partial charge in [0.15, 0.2) is 0 Å². The second kappa shape index (κ2) is 11.5. The fourth-order valence-electron chi connectivity index (χ4n) is 3.75. The molecule has 1 heterocycles. The molecular formula is C24H32N4O5S. The first-order valence-electron chi connectivity index (χ1n) is 11.4. The zero-order chi connectivity index (χ0) is 24.7. The number of carbonyl (C=O) groups is 2. The van der Waals surface area contributed by atoms with Crippen LogP contribution in [0, 0.1) is 0 Å². The molecule has 2 N–H and O–H groups in total. The Kier molecular flexibility index (Phi) is 8.65. The smallest absolute Gasteiger partial charge is 0.255 e. The maximum atomic E-state index is 13.2. The minimum atomic E-state index is -3.71. The Bertz CT molecular complexity index is 1110. The number of amides is 2. The van der Waals surface area contributed by atoms with E-state index in [0.717, 1.165) is 11.3 Å². The van der Waals surface area contributed by atoms with Gasteiger partial charge in [-0.3, -0.25) is 9.59 Å². The van der Waals surface area contributed by atoms with Crippen molar-refractivity contribution in [3.8, 4) is 0 Å². The van der Waals surface area contributed by atoms with E-state index in [1.54, 1.807) is 36.4 Å². The largest absolute Gasteiger partial charge is 0.379 e. The number of nitrogens with zero attached hydrogens (tertiary/aromatic N) is 2. The van der Waals surface area contributed by atoms with E-state index >= 15 is 0 Å². The van der Waals surface area contributed by atoms with Gasteiger partial charge in [0.25, 0.3) is 5.91 Å². The maximum Gasteiger partial charge on any atom is 0.255 e. The summed E-state index contributed by atoms with van der Waals surface area (Å²) in [6.07, 6.45) is 0. The molecule has 2 amide bonds. The molecule has 0 aromatic heterocycles. The lowest BCUT2D eigenvalue weighted by molar-refractivity contribution is -0.119. The molecule has 0 atom stereocenters. The first-order chi connectivity index (χ1) is 16.3. The van der Waals surface area contributed by atoms with Gasteiger partial charge >= 0.3 is 0 Å². The molecule has 1 aliphatic rings. The van der Waals surface area contributed by atoms with Crippen molar-refractivity contribution in [1.29, 1.82) is 0 Å². The summed E-state index contributed by atoms with van der Waals surface area (Å²) in [6, 6.07) is 11.8. The number of nitrogens with one attached hydrogen (secondary N) is 2. The average molecular weight is 489 g/mol. The molecule has 34 heavy (non-hydrogen) atoms. The SMILES string of the molecule is CCN(CC)c1ccc(S(=O)(=O)N2CCOCC2)cc1NC(=O)c1ccc(CNC(C)=O)cc1. The molecule has 10 heteroatoms. The molecule has 1 saturated heterocycles. The predicted octanol–water partition coefficient (Wildman–Crippen LogP) is 2.44. The van der Waals surface area contributed by atoms with Gasteiger partial charge in [-0.15, -0.1) is 0 Å². The van der Waals surface area contributed by atoms with Gasteiger partial charge in [0, 0.05) is 45.2 Å². The molecule has 2 aromatic rings. The second-order valence-corrected chi connectivity index (χ2v) is 9.87. The summed E-state index contributed by atoms with van der Waals surface area (Å²) < 4.78 is 33.0. The van der Waals surface area contributed by atoms with E-state index in [2.05, 4.69) is 15.5 Å². The highest BCUT2D eigenvalue weighted by Crippen LogP contribution is 2.31. The van der Waals surface area contributed by atoms with E-state index < -0.39 is 10.0 Å². The number of anilines is 2. The van der Waals surface area contributed by atoms with Crippen molar-refractivity contribution in [2.75, 3.05) is 49.6 Å². The average Bonchev–Trinajstić information content (AvgIpc) is 2.85. The summed E-state index contributed by atoms with van der Waals surface area (Å²) in [5.41, 5.74) is 2.49. The highest BCUT2D eigenvalue weighted by molar-refractivity contribution is 7.89. The minimum absolute atomic E-state index is 0.127. The van der Waals surface area contributed by atoms with Crippen LogP contribution in [-0.2, 0) is 26.1 Å². The number of hydrogen-bond acceptors (Lipinski definition) is 6. The molecule has 9 nitrogen and oxygen atoms in total. The van der Waals surface area contributed by atoms with Gasteiger partial charge < -0.3 is 20.3 Å². The van der Waals surface area contributed by atoms with Crippen LogP contribution in [0.3, 0.4) is 0 Å². The maximum absolute atomic E-state index is 13.2. The second-order valence-electron chi connectivity index (χ2n) is 7.93. The molecule has 0 saturated carbocycles. The molecule has 0 bridgehead atoms. The summed E-state index contributed by atoms with van der Waals surface area (Å²) >= 11 is 0. The van der Waals surface area contributed by atoms with Crippen molar-refractivity contribution >= 4 is 33.2 Å². The van der Waals surface area contributed by atoms with Gasteiger partial charge in [-0.25, -0.2) is 8.42 Å². The van der Waals surface area contributed by atoms with Gasteiger partial charge in [-0.05, 0) is 49.7 Å². The zero-order valence-electron chi connectivity index (χ0n) is 19.8. The normalized spacial score (nSPS) is 14.4. The Hall–Kier alpha value is -2.95. The monoisotopic (exact) mass is 488 g/mol. The van der Waals surface area contributed by atoms with Gasteiger partial charge in [0.1, 0.15) is 0 Å². The first-order valence-corrected chi connectivity index (χ1v) is 12.8. The van der Waals surface area contributed by atoms with Gasteiger partial charge in [0.05, 0.1) is 29.5 Å². The van der Waals surface area contributed by atoms with Crippen molar-refractivity contribution in [3.05, 3.63) is 53.6 Å². The lowest BCUT2D eigenvalue weighted by Gasteiger charge is -2.28. The quantitative estimate of drug-likeness (QED) is 0.561. The molecule has 0 aliphatic carbocycles. The zero-order valence-corrected chi connectivity index (χ0v) is 20.7. The molecule has 0 spiro atoms. The molecule has 0 unspecified atom stereocenters. The summed E-state index contributed by atoms with van der Waals surface area (Å²) in [7, 11) is -3.71. The summed E-state index contributed by atoms with van der Waals surface area (Å²) in [5, 5.41) is 5.62. The van der Waals surface area contributed by atoms with E-state index in [-0.39, 0.29) is 16.7 Å². The van der Waals surface area contributed by atoms with Crippen molar-refractivity contribution < 1.29 is 22.7 Å². The number of carbonyl (C=O) groups excluding carboxylic acids is 2. The lowest BCUT2D eigenvalue weighted by atomic mass is 10.1. The van der Waals surface area contributed by atoms with Gasteiger partial charge in [-0.2, -0.15) is 4.31 Å². The van der Waals surface area contributed by atoms with Crippen LogP contribution < -0.4 is 15.5 Å². The Balaban J connectivity index is 1.89. The number of benzene rings is 2. The topological polar surface area (TPSA) is 108 Å². The number of morpholine rings is 1. The molecule has 2 aromatic carbocycles. The third-order valence-electron chi connectivity index (χ3n) is 5.69. The lowest BCUT2D eigenvalue weighted by Crippen LogP contribution is -2.40. The predicted molar refractivity (Wildman–Crippen MR) is 131 cm³/mol. The van der Waals surface area contributed by atoms with Crippen molar-refractivity contribution in [2.45, 2.75) is 32.2 Å². The molecule has 0 radical (unpaired) electrons. The van der Waals surface area contributed by atoms with Crippen LogP contribution in [0.15, 0.2) is 47.4 Å². The van der Waals surface area contributed by atoms with E-state index in [1.165, 1.54) is 17.3 Å². The molecular weight excluding hydrogens is 456 g/mol. The van der Waals surface area contributed by atoms with Crippen LogP contribution in [0.25, 0.3) is 0 Å². The van der Waals surface area contributed by atoms with E-state index in [1.807, 2.05) is 13.8 Å². The molecule has 1 aliphatic heterocycles. The van der Waals surface area contributed by atoms with Crippen LogP contribution in [0.5, 0.6) is 0 Å². The van der Waals surface area contributed by atoms with Gasteiger partial charge in [-0.1, -0.05) is 12.1 Å². The first kappa shape index (κ1) is 25.7. The highest BCUT2D eigenvalue weighted by atomic mass is 32.2. The molecule has 1 fully saturated rings. The van der Waals surface area contributed by atoms with Crippen molar-refractivity contribution in [1.82, 2.24) is 9.62 Å². The number of sulfonamides is 1. The van der Waals surface area contributed by atoms with Crippen LogP contribution in [0.1, 0.15) is 36.7 Å². The van der Waals surface area contributed by atoms with Crippen LogP contribution in [-0.4, -0.2) is 63.9 Å². The molecule has 184 valence electrons. The summed E-state index contributed by atoms with van der Waals surface area (Å²) in [6.45, 7) is 8.55. The Labute approximate surface area is 201 Å². The summed E-state index contributed by atoms with van der Waals surface area (Å²) in [4.78, 5) is 26.3. The van der Waals surface area contributed by atoms with E-state index in [9.17, 15) is 18.0 Å². The van der Waals surface area contributed by atoms with Crippen LogP contribution in [0.4, 0.5) is 11.4 Å². The van der Waals surface area contributed by atoms with Gasteiger partial charge in [0.2, 0.25) is 15.9 Å². The number of hydrogen-bond donors (Lipinski definition) is 2. The van der Waals surface area contributed by atoms with Crippen molar-refractivity contribution in [3.63, 3.8) is 0 Å². The van der Waals surface area contributed by atoms with Crippen LogP contribution in [0.2, 0.25) is 0 Å². The van der Waals surface area contributed by atoms with E-state index in [4.69, 9.17) is 4.74 Å². The fourth-order valence-corrected chi connectivity index (χ4v) is 5.18.